The van der Waals surface area contributed by atoms with Crippen LogP contribution in [0.15, 0.2) is 36.4 Å². The lowest BCUT2D eigenvalue weighted by molar-refractivity contribution is -0.422. The van der Waals surface area contributed by atoms with E-state index >= 15 is 0 Å². The molecule has 0 atom stereocenters. The Labute approximate surface area is 357 Å². The molecule has 7 rings (SSSR count). The number of carbonyl (C=O) groups excluding carboxylic acids is 4. The molecule has 0 radical (unpaired) electrons. The van der Waals surface area contributed by atoms with Crippen molar-refractivity contribution in [2.24, 2.45) is 0 Å². The van der Waals surface area contributed by atoms with Crippen LogP contribution in [0.4, 0.5) is 96.6 Å². The van der Waals surface area contributed by atoms with Crippen LogP contribution in [-0.4, -0.2) is 106 Å². The minimum atomic E-state index is -7.95. The number of nitriles is 2. The highest BCUT2D eigenvalue weighted by Gasteiger charge is 2.88. The van der Waals surface area contributed by atoms with Crippen molar-refractivity contribution in [3.8, 4) is 12.1 Å². The molecule has 8 nitrogen and oxygen atoms in total. The third-order valence-electron chi connectivity index (χ3n) is 11.2. The molecular formula is C38H10F22N4O4. The second-order valence-electron chi connectivity index (χ2n) is 15.0. The van der Waals surface area contributed by atoms with Crippen LogP contribution in [0.2, 0.25) is 0 Å². The van der Waals surface area contributed by atoms with Crippen molar-refractivity contribution in [1.29, 1.82) is 10.5 Å². The molecule has 5 aromatic rings. The van der Waals surface area contributed by atoms with Crippen molar-refractivity contribution in [3.63, 3.8) is 0 Å². The Morgan fingerprint density at radius 3 is 0.912 bits per heavy atom. The van der Waals surface area contributed by atoms with Crippen molar-refractivity contribution >= 4 is 66.7 Å². The smallest absolute Gasteiger partial charge is 0.269 e. The summed E-state index contributed by atoms with van der Waals surface area (Å²) in [6.45, 7) is -6.63. The van der Waals surface area contributed by atoms with Gasteiger partial charge >= 0.3 is 59.7 Å². The predicted octanol–water partition coefficient (Wildman–Crippen LogP) is 10.9. The van der Waals surface area contributed by atoms with Gasteiger partial charge in [0.2, 0.25) is 0 Å². The monoisotopic (exact) mass is 1000 g/mol. The molecule has 2 heterocycles. The number of carbonyl (C=O) groups is 4. The van der Waals surface area contributed by atoms with Crippen LogP contribution in [0.25, 0.3) is 43.1 Å². The van der Waals surface area contributed by atoms with Gasteiger partial charge in [0.05, 0.1) is 47.5 Å². The van der Waals surface area contributed by atoms with Crippen LogP contribution in [0.1, 0.15) is 52.6 Å². The van der Waals surface area contributed by atoms with Gasteiger partial charge in [-0.15, -0.1) is 0 Å². The predicted molar refractivity (Wildman–Crippen MR) is 180 cm³/mol. The largest absolute Gasteiger partial charge is 0.460 e. The van der Waals surface area contributed by atoms with Crippen LogP contribution in [0, 0.1) is 22.7 Å². The van der Waals surface area contributed by atoms with Crippen molar-refractivity contribution in [2.45, 2.75) is 59.7 Å². The maximum atomic E-state index is 15.0. The second-order valence-corrected chi connectivity index (χ2v) is 15.0. The number of hydrogen-bond acceptors (Lipinski definition) is 6. The Morgan fingerprint density at radius 1 is 0.368 bits per heavy atom. The van der Waals surface area contributed by atoms with Crippen LogP contribution in [-0.2, 0) is 0 Å². The van der Waals surface area contributed by atoms with Gasteiger partial charge in [-0.3, -0.25) is 29.0 Å². The van der Waals surface area contributed by atoms with Crippen molar-refractivity contribution in [1.82, 2.24) is 9.80 Å². The maximum absolute atomic E-state index is 15.0. The molecule has 0 fully saturated rings. The van der Waals surface area contributed by atoms with E-state index in [4.69, 9.17) is 0 Å². The summed E-state index contributed by atoms with van der Waals surface area (Å²) in [5.74, 6) is -69.2. The molecule has 5 aromatic carbocycles. The van der Waals surface area contributed by atoms with Crippen LogP contribution >= 0.6 is 0 Å². The summed E-state index contributed by atoms with van der Waals surface area (Å²) in [6, 6.07) is 6.35. The molecule has 4 amide bonds. The van der Waals surface area contributed by atoms with Crippen molar-refractivity contribution in [2.75, 3.05) is 13.1 Å². The zero-order valence-corrected chi connectivity index (χ0v) is 31.6. The Balaban J connectivity index is 1.40. The van der Waals surface area contributed by atoms with E-state index in [1.807, 2.05) is 0 Å². The van der Waals surface area contributed by atoms with Gasteiger partial charge in [0.25, 0.3) is 23.6 Å². The number of fused-ring (bicyclic) bond motifs is 2. The molecule has 0 spiro atoms. The lowest BCUT2D eigenvalue weighted by Crippen LogP contribution is -2.68. The molecule has 0 N–H and O–H groups in total. The van der Waals surface area contributed by atoms with Gasteiger partial charge in [0, 0.05) is 43.4 Å². The summed E-state index contributed by atoms with van der Waals surface area (Å²) in [7, 11) is 0. The normalized spacial score (nSPS) is 16.2. The van der Waals surface area contributed by atoms with Gasteiger partial charge in [-0.2, -0.15) is 107 Å². The number of alkyl halides is 22. The Morgan fingerprint density at radius 2 is 0.647 bits per heavy atom. The summed E-state index contributed by atoms with van der Waals surface area (Å²) in [6.07, 6.45) is -15.1. The highest BCUT2D eigenvalue weighted by atomic mass is 19.4. The summed E-state index contributed by atoms with van der Waals surface area (Å²) in [5, 5.41) is 15.9. The third kappa shape index (κ3) is 5.83. The number of benzene rings is 5. The molecule has 360 valence electrons. The SMILES string of the molecule is N#Cc1cc2c3c(ccc4c5c(C#N)cc6c7c(ccc(c1c34)c75)C(=O)N(CC(F)(F)C(F)(F)C(F)(F)C(F)(F)C(F)(F)F)C6=O)C(=O)N(CC(F)(F)C(F)(F)C(F)(F)C(F)(F)C(F)(F)F)C2=O. The van der Waals surface area contributed by atoms with Crippen molar-refractivity contribution in [3.05, 3.63) is 69.8 Å². The van der Waals surface area contributed by atoms with E-state index in [0.717, 1.165) is 12.1 Å². The van der Waals surface area contributed by atoms with Crippen LogP contribution in [0.5, 0.6) is 0 Å². The average Bonchev–Trinajstić information content (AvgIpc) is 3.22. The first-order valence-electron chi connectivity index (χ1n) is 17.6. The number of imide groups is 2. The van der Waals surface area contributed by atoms with E-state index in [1.54, 1.807) is 0 Å². The molecule has 0 bridgehead atoms. The number of halogens is 22. The topological polar surface area (TPSA) is 122 Å². The van der Waals surface area contributed by atoms with Crippen LogP contribution < -0.4 is 0 Å². The van der Waals surface area contributed by atoms with Crippen molar-refractivity contribution < 1.29 is 116 Å². The fraction of sp³-hybridized carbons (Fsp3) is 0.316. The molecule has 0 saturated heterocycles. The van der Waals surface area contributed by atoms with E-state index < -0.39 is 183 Å². The van der Waals surface area contributed by atoms with E-state index in [9.17, 15) is 126 Å². The molecule has 0 aromatic heterocycles. The lowest BCUT2D eigenvalue weighted by atomic mass is 9.79. The third-order valence-corrected chi connectivity index (χ3v) is 11.2. The van der Waals surface area contributed by atoms with Gasteiger partial charge < -0.3 is 0 Å². The lowest BCUT2D eigenvalue weighted by Gasteiger charge is -2.39. The van der Waals surface area contributed by atoms with E-state index in [2.05, 4.69) is 0 Å². The van der Waals surface area contributed by atoms with E-state index in [0.29, 0.717) is 24.3 Å². The number of hydrogen-bond donors (Lipinski definition) is 0. The summed E-state index contributed by atoms with van der Waals surface area (Å²) >= 11 is 0. The minimum Gasteiger partial charge on any atom is -0.269 e. The molecule has 68 heavy (non-hydrogen) atoms. The van der Waals surface area contributed by atoms with Crippen LogP contribution in [0.3, 0.4) is 0 Å². The quantitative estimate of drug-likeness (QED) is 0.0594. The number of nitrogens with zero attached hydrogens (tertiary/aromatic N) is 4. The van der Waals surface area contributed by atoms with E-state index in [-0.39, 0.29) is 0 Å². The average molecular weight is 1000 g/mol. The summed E-state index contributed by atoms with van der Waals surface area (Å²) in [5.41, 5.74) is -6.04. The minimum absolute atomic E-state index is 0.416. The Hall–Kier alpha value is -6.88. The molecule has 2 aliphatic rings. The zero-order valence-electron chi connectivity index (χ0n) is 31.6. The first kappa shape index (κ1) is 49.0. The highest BCUT2D eigenvalue weighted by molar-refractivity contribution is 6.42. The van der Waals surface area contributed by atoms with Gasteiger partial charge in [-0.25, -0.2) is 0 Å². The maximum Gasteiger partial charge on any atom is 0.460 e. The highest BCUT2D eigenvalue weighted by Crippen LogP contribution is 2.60. The zero-order chi connectivity index (χ0) is 51.6. The second kappa shape index (κ2) is 13.9. The first-order valence-corrected chi connectivity index (χ1v) is 17.6. The fourth-order valence-corrected chi connectivity index (χ4v) is 7.84. The van der Waals surface area contributed by atoms with E-state index in [1.165, 1.54) is 12.1 Å². The van der Waals surface area contributed by atoms with Gasteiger partial charge in [-0.1, -0.05) is 12.1 Å². The summed E-state index contributed by atoms with van der Waals surface area (Å²) < 4.78 is 305. The molecular weight excluding hydrogens is 994 g/mol. The molecule has 0 unspecified atom stereocenters. The van der Waals surface area contributed by atoms with Gasteiger partial charge in [-0.05, 0) is 35.0 Å². The first-order chi connectivity index (χ1) is 30.7. The molecule has 2 aliphatic heterocycles. The molecule has 30 heteroatoms. The van der Waals surface area contributed by atoms with Gasteiger partial charge in [0.15, 0.2) is 0 Å². The number of rotatable bonds is 10. The fourth-order valence-electron chi connectivity index (χ4n) is 7.84. The Kier molecular flexibility index (Phi) is 10.00. The standard InChI is InChI=1S/C38H10F22N4O4/c39-29(40,31(43,44)33(47,48)35(51,52)37(55,56)57)9-63-25(65)15-3-1-13-19-11(7-61)5-18-22-16(4-2-14(24(19)22)20-12(8-62)6-17(27(63)67)21(15)23(13)20)26(66)64(28(18)68)10-30(41,42)32(45,46)34(49,50)36(53,54)38(58,59)60/h1-6H,9-10H2. The number of amides is 4. The molecule has 0 saturated carbocycles. The van der Waals surface area contributed by atoms with Gasteiger partial charge in [0.1, 0.15) is 0 Å². The Bertz CT molecular complexity index is 2990. The molecule has 0 aliphatic carbocycles. The summed E-state index contributed by atoms with van der Waals surface area (Å²) in [4.78, 5) is 52.6.